The Kier molecular flexibility index (Phi) is 4.95. The Hall–Kier alpha value is 0.01000. The largest absolute Gasteiger partial charge is 0.310 e. The molecule has 1 fully saturated rings. The van der Waals surface area contributed by atoms with Crippen LogP contribution in [0, 0.1) is 6.92 Å². The Labute approximate surface area is 117 Å². The maximum Gasteiger partial charge on any atom is 0.0208 e. The molecule has 1 aliphatic rings. The molecule has 1 nitrogen and oxygen atoms in total. The van der Waals surface area contributed by atoms with Crippen LogP contribution in [0.1, 0.15) is 30.4 Å². The van der Waals surface area contributed by atoms with E-state index >= 15 is 0 Å². The van der Waals surface area contributed by atoms with Crippen molar-refractivity contribution < 1.29 is 0 Å². The molecule has 1 aromatic carbocycles. The topological polar surface area (TPSA) is 12.0 Å². The van der Waals surface area contributed by atoms with E-state index in [4.69, 9.17) is 0 Å². The van der Waals surface area contributed by atoms with E-state index in [1.54, 1.807) is 0 Å². The molecular weight excluding hydrogens is 294 g/mol. The van der Waals surface area contributed by atoms with Crippen molar-refractivity contribution in [2.75, 3.05) is 6.26 Å². The van der Waals surface area contributed by atoms with E-state index in [1.165, 1.54) is 34.9 Å². The fraction of sp³-hybridized carbons (Fsp3) is 0.571. The molecule has 2 unspecified atom stereocenters. The van der Waals surface area contributed by atoms with Crippen LogP contribution in [0.25, 0.3) is 0 Å². The van der Waals surface area contributed by atoms with Gasteiger partial charge in [-0.1, -0.05) is 28.1 Å². The molecule has 0 bridgehead atoms. The second kappa shape index (κ2) is 6.26. The lowest BCUT2D eigenvalue weighted by molar-refractivity contribution is 0.525. The van der Waals surface area contributed by atoms with Gasteiger partial charge in [-0.05, 0) is 49.6 Å². The van der Waals surface area contributed by atoms with Crippen LogP contribution in [-0.2, 0) is 6.54 Å². The number of hydrogen-bond acceptors (Lipinski definition) is 2. The lowest BCUT2D eigenvalue weighted by atomic mass is 10.1. The molecule has 2 atom stereocenters. The van der Waals surface area contributed by atoms with E-state index < -0.39 is 0 Å². The van der Waals surface area contributed by atoms with Crippen LogP contribution < -0.4 is 5.32 Å². The summed E-state index contributed by atoms with van der Waals surface area (Å²) < 4.78 is 1.20. The third-order valence-corrected chi connectivity index (χ3v) is 5.52. The van der Waals surface area contributed by atoms with Crippen LogP contribution in [-0.4, -0.2) is 17.5 Å². The second-order valence-corrected chi connectivity index (χ2v) is 6.82. The first-order chi connectivity index (χ1) is 8.19. The monoisotopic (exact) mass is 313 g/mol. The molecular formula is C14H20BrNS. The van der Waals surface area contributed by atoms with Crippen molar-refractivity contribution in [1.29, 1.82) is 0 Å². The molecule has 1 N–H and O–H groups in total. The van der Waals surface area contributed by atoms with Crippen LogP contribution >= 0.6 is 27.7 Å². The summed E-state index contributed by atoms with van der Waals surface area (Å²) in [5.41, 5.74) is 2.70. The van der Waals surface area contributed by atoms with Crippen molar-refractivity contribution >= 4 is 27.7 Å². The van der Waals surface area contributed by atoms with Crippen LogP contribution in [0.2, 0.25) is 0 Å². The Morgan fingerprint density at radius 3 is 2.88 bits per heavy atom. The number of rotatable bonds is 4. The Morgan fingerprint density at radius 1 is 1.41 bits per heavy atom. The summed E-state index contributed by atoms with van der Waals surface area (Å²) in [6, 6.07) is 7.32. The molecule has 0 radical (unpaired) electrons. The summed E-state index contributed by atoms with van der Waals surface area (Å²) in [6.07, 6.45) is 6.26. The predicted molar refractivity (Wildman–Crippen MR) is 80.7 cm³/mol. The highest BCUT2D eigenvalue weighted by atomic mass is 79.9. The molecule has 2 rings (SSSR count). The van der Waals surface area contributed by atoms with E-state index in [2.05, 4.69) is 52.6 Å². The smallest absolute Gasteiger partial charge is 0.0208 e. The van der Waals surface area contributed by atoms with E-state index in [0.717, 1.165) is 17.8 Å². The number of benzene rings is 1. The van der Waals surface area contributed by atoms with Gasteiger partial charge in [0.25, 0.3) is 0 Å². The zero-order valence-electron chi connectivity index (χ0n) is 10.5. The summed E-state index contributed by atoms with van der Waals surface area (Å²) in [4.78, 5) is 0. The first kappa shape index (κ1) is 13.4. The third kappa shape index (κ3) is 3.73. The molecule has 0 spiro atoms. The maximum absolute atomic E-state index is 3.68. The minimum atomic E-state index is 0.719. The fourth-order valence-electron chi connectivity index (χ4n) is 2.42. The number of nitrogens with one attached hydrogen (secondary N) is 1. The van der Waals surface area contributed by atoms with Gasteiger partial charge in [-0.25, -0.2) is 0 Å². The van der Waals surface area contributed by atoms with Crippen molar-refractivity contribution in [1.82, 2.24) is 5.32 Å². The quantitative estimate of drug-likeness (QED) is 0.897. The summed E-state index contributed by atoms with van der Waals surface area (Å²) in [7, 11) is 0. The molecule has 0 aromatic heterocycles. The summed E-state index contributed by atoms with van der Waals surface area (Å²) in [5.74, 6) is 0. The average molecular weight is 314 g/mol. The lowest BCUT2D eigenvalue weighted by Crippen LogP contribution is -2.26. The second-order valence-electron chi connectivity index (χ2n) is 4.83. The van der Waals surface area contributed by atoms with Gasteiger partial charge in [-0.15, -0.1) is 0 Å². The Bertz CT molecular complexity index is 380. The fourth-order valence-corrected chi connectivity index (χ4v) is 3.46. The highest BCUT2D eigenvalue weighted by molar-refractivity contribution is 9.10. The van der Waals surface area contributed by atoms with Crippen molar-refractivity contribution in [2.24, 2.45) is 0 Å². The average Bonchev–Trinajstić information content (AvgIpc) is 2.79. The highest BCUT2D eigenvalue weighted by Crippen LogP contribution is 2.28. The molecule has 0 aliphatic heterocycles. The van der Waals surface area contributed by atoms with Crippen molar-refractivity contribution in [3.05, 3.63) is 33.8 Å². The maximum atomic E-state index is 3.68. The summed E-state index contributed by atoms with van der Waals surface area (Å²) in [5, 5.41) is 4.55. The van der Waals surface area contributed by atoms with E-state index in [0.29, 0.717) is 0 Å². The molecule has 0 saturated heterocycles. The standard InChI is InChI=1S/C14H20BrNS/c1-10-7-11(3-6-14(10)15)9-16-12-4-5-13(8-12)17-2/h3,6-7,12-13,16H,4-5,8-9H2,1-2H3. The Morgan fingerprint density at radius 2 is 2.24 bits per heavy atom. The van der Waals surface area contributed by atoms with Gasteiger partial charge in [-0.2, -0.15) is 11.8 Å². The zero-order chi connectivity index (χ0) is 12.3. The van der Waals surface area contributed by atoms with Gasteiger partial charge in [0.05, 0.1) is 0 Å². The molecule has 1 aromatic rings. The SMILES string of the molecule is CSC1CCC(NCc2ccc(Br)c(C)c2)C1. The normalized spacial score (nSPS) is 24.2. The number of thioether (sulfide) groups is 1. The predicted octanol–water partition coefficient (Wildman–Crippen LogP) is 4.13. The van der Waals surface area contributed by atoms with Crippen LogP contribution in [0.5, 0.6) is 0 Å². The van der Waals surface area contributed by atoms with E-state index in [1.807, 2.05) is 11.8 Å². The summed E-state index contributed by atoms with van der Waals surface area (Å²) in [6.45, 7) is 3.15. The lowest BCUT2D eigenvalue weighted by Gasteiger charge is -2.13. The zero-order valence-corrected chi connectivity index (χ0v) is 12.9. The van der Waals surface area contributed by atoms with Gasteiger partial charge in [-0.3, -0.25) is 0 Å². The van der Waals surface area contributed by atoms with Crippen molar-refractivity contribution in [3.8, 4) is 0 Å². The van der Waals surface area contributed by atoms with Gasteiger partial charge in [0.15, 0.2) is 0 Å². The van der Waals surface area contributed by atoms with Crippen molar-refractivity contribution in [2.45, 2.75) is 44.0 Å². The first-order valence-electron chi connectivity index (χ1n) is 6.20. The molecule has 17 heavy (non-hydrogen) atoms. The minimum absolute atomic E-state index is 0.719. The molecule has 94 valence electrons. The molecule has 1 aliphatic carbocycles. The van der Waals surface area contributed by atoms with Gasteiger partial charge >= 0.3 is 0 Å². The molecule has 1 saturated carbocycles. The minimum Gasteiger partial charge on any atom is -0.310 e. The van der Waals surface area contributed by atoms with Crippen molar-refractivity contribution in [3.63, 3.8) is 0 Å². The van der Waals surface area contributed by atoms with Crippen LogP contribution in [0.3, 0.4) is 0 Å². The third-order valence-electron chi connectivity index (χ3n) is 3.54. The van der Waals surface area contributed by atoms with E-state index in [9.17, 15) is 0 Å². The summed E-state index contributed by atoms with van der Waals surface area (Å²) >= 11 is 5.56. The first-order valence-corrected chi connectivity index (χ1v) is 8.28. The van der Waals surface area contributed by atoms with Crippen LogP contribution in [0.15, 0.2) is 22.7 Å². The number of aryl methyl sites for hydroxylation is 1. The number of halogens is 1. The molecule has 0 amide bonds. The van der Waals surface area contributed by atoms with Gasteiger partial charge in [0.2, 0.25) is 0 Å². The van der Waals surface area contributed by atoms with Gasteiger partial charge in [0, 0.05) is 22.3 Å². The van der Waals surface area contributed by atoms with Gasteiger partial charge in [0.1, 0.15) is 0 Å². The van der Waals surface area contributed by atoms with E-state index in [-0.39, 0.29) is 0 Å². The number of hydrogen-bond donors (Lipinski definition) is 1. The highest BCUT2D eigenvalue weighted by Gasteiger charge is 2.23. The molecule has 0 heterocycles. The molecule has 3 heteroatoms. The van der Waals surface area contributed by atoms with Gasteiger partial charge < -0.3 is 5.32 Å². The Balaban J connectivity index is 1.84. The van der Waals surface area contributed by atoms with Crippen LogP contribution in [0.4, 0.5) is 0 Å².